The van der Waals surface area contributed by atoms with Gasteiger partial charge in [-0.3, -0.25) is 0 Å². The molecule has 1 nitrogen and oxygen atoms in total. The summed E-state index contributed by atoms with van der Waals surface area (Å²) in [5.74, 6) is 0. The minimum atomic E-state index is -1.10. The Morgan fingerprint density at radius 2 is 1.55 bits per heavy atom. The highest BCUT2D eigenvalue weighted by molar-refractivity contribution is 5.94. The maximum absolute atomic E-state index is 14.8. The second kappa shape index (κ2) is 5.53. The number of aromatic nitrogens is 1. The second-order valence-corrected chi connectivity index (χ2v) is 6.71. The molecule has 3 aromatic rings. The summed E-state index contributed by atoms with van der Waals surface area (Å²) in [4.78, 5) is 4.66. The van der Waals surface area contributed by atoms with Crippen molar-refractivity contribution in [3.8, 4) is 11.3 Å². The first-order valence-electron chi connectivity index (χ1n) is 7.56. The molecule has 1 aromatic heterocycles. The molecule has 2 aromatic carbocycles. The largest absolute Gasteiger partial charge is 0.249 e. The zero-order valence-electron chi connectivity index (χ0n) is 13.2. The third-order valence-electron chi connectivity index (χ3n) is 3.83. The molecule has 0 saturated carbocycles. The molecule has 1 unspecified atom stereocenters. The quantitative estimate of drug-likeness (QED) is 0.568. The van der Waals surface area contributed by atoms with Gasteiger partial charge in [-0.1, -0.05) is 75.4 Å². The van der Waals surface area contributed by atoms with Crippen molar-refractivity contribution in [1.82, 2.24) is 4.98 Å². The first-order valence-corrected chi connectivity index (χ1v) is 7.56. The van der Waals surface area contributed by atoms with E-state index in [1.54, 1.807) is 0 Å². The maximum Gasteiger partial charge on any atom is 0.147 e. The van der Waals surface area contributed by atoms with Crippen LogP contribution in [0.4, 0.5) is 4.39 Å². The van der Waals surface area contributed by atoms with Gasteiger partial charge in [-0.05, 0) is 16.9 Å². The van der Waals surface area contributed by atoms with E-state index in [0.29, 0.717) is 5.69 Å². The topological polar surface area (TPSA) is 12.9 Å². The minimum absolute atomic E-state index is 0.469. The first kappa shape index (κ1) is 14.7. The molecule has 0 spiro atoms. The van der Waals surface area contributed by atoms with Crippen LogP contribution in [-0.4, -0.2) is 4.98 Å². The number of fused-ring (bicyclic) bond motifs is 1. The Hall–Kier alpha value is -2.22. The van der Waals surface area contributed by atoms with Crippen LogP contribution in [0.1, 0.15) is 32.6 Å². The zero-order chi connectivity index (χ0) is 15.7. The average Bonchev–Trinajstić information content (AvgIpc) is 2.53. The van der Waals surface area contributed by atoms with E-state index in [9.17, 15) is 4.39 Å². The third kappa shape index (κ3) is 2.74. The predicted molar refractivity (Wildman–Crippen MR) is 90.5 cm³/mol. The number of alkyl halides is 1. The molecule has 2 heteroatoms. The Bertz CT molecular complexity index is 788. The SMILES string of the molecule is CC(C)(C)C(F)c1cc2ccccc2c(-c2ccccc2)n1. The van der Waals surface area contributed by atoms with Crippen LogP contribution in [0.3, 0.4) is 0 Å². The average molecular weight is 293 g/mol. The molecular weight excluding hydrogens is 273 g/mol. The molecule has 0 N–H and O–H groups in total. The summed E-state index contributed by atoms with van der Waals surface area (Å²) >= 11 is 0. The summed E-state index contributed by atoms with van der Waals surface area (Å²) in [6.07, 6.45) is -1.10. The fourth-order valence-corrected chi connectivity index (χ4v) is 2.61. The zero-order valence-corrected chi connectivity index (χ0v) is 13.2. The second-order valence-electron chi connectivity index (χ2n) is 6.71. The molecule has 3 rings (SSSR count). The summed E-state index contributed by atoms with van der Waals surface area (Å²) in [5.41, 5.74) is 1.90. The molecule has 0 radical (unpaired) electrons. The standard InChI is InChI=1S/C20H20FN/c1-20(2,3)19(21)17-13-15-11-7-8-12-16(15)18(22-17)14-9-5-4-6-10-14/h4-13,19H,1-3H3. The summed E-state index contributed by atoms with van der Waals surface area (Å²) in [6, 6.07) is 19.9. The van der Waals surface area contributed by atoms with E-state index in [-0.39, 0.29) is 0 Å². The number of benzene rings is 2. The van der Waals surface area contributed by atoms with Crippen molar-refractivity contribution in [3.63, 3.8) is 0 Å². The number of hydrogen-bond donors (Lipinski definition) is 0. The van der Waals surface area contributed by atoms with Crippen molar-refractivity contribution < 1.29 is 4.39 Å². The van der Waals surface area contributed by atoms with Crippen LogP contribution in [0.25, 0.3) is 22.0 Å². The van der Waals surface area contributed by atoms with Crippen molar-refractivity contribution in [3.05, 3.63) is 66.4 Å². The van der Waals surface area contributed by atoms with Gasteiger partial charge in [0.05, 0.1) is 11.4 Å². The normalized spacial score (nSPS) is 13.3. The summed E-state index contributed by atoms with van der Waals surface area (Å²) in [5, 5.41) is 2.08. The van der Waals surface area contributed by atoms with Gasteiger partial charge in [0.15, 0.2) is 0 Å². The van der Waals surface area contributed by atoms with Crippen LogP contribution in [0.15, 0.2) is 60.7 Å². The van der Waals surface area contributed by atoms with E-state index >= 15 is 0 Å². The molecule has 0 aliphatic heterocycles. The number of halogens is 1. The van der Waals surface area contributed by atoms with Gasteiger partial charge in [0.1, 0.15) is 6.17 Å². The fourth-order valence-electron chi connectivity index (χ4n) is 2.61. The van der Waals surface area contributed by atoms with Crippen LogP contribution in [0, 0.1) is 5.41 Å². The summed E-state index contributed by atoms with van der Waals surface area (Å²) in [6.45, 7) is 5.70. The molecule has 0 aliphatic carbocycles. The van der Waals surface area contributed by atoms with E-state index in [0.717, 1.165) is 22.0 Å². The van der Waals surface area contributed by atoms with E-state index in [1.807, 2.05) is 81.4 Å². The fraction of sp³-hybridized carbons (Fsp3) is 0.250. The summed E-state index contributed by atoms with van der Waals surface area (Å²) < 4.78 is 14.8. The van der Waals surface area contributed by atoms with Gasteiger partial charge in [0, 0.05) is 10.9 Å². The molecule has 0 amide bonds. The van der Waals surface area contributed by atoms with Crippen LogP contribution in [0.5, 0.6) is 0 Å². The highest BCUT2D eigenvalue weighted by atomic mass is 19.1. The van der Waals surface area contributed by atoms with Crippen molar-refractivity contribution in [2.24, 2.45) is 5.41 Å². The molecule has 1 heterocycles. The Morgan fingerprint density at radius 1 is 0.909 bits per heavy atom. The summed E-state index contributed by atoms with van der Waals surface area (Å²) in [7, 11) is 0. The molecular formula is C20H20FN. The predicted octanol–water partition coefficient (Wildman–Crippen LogP) is 5.96. The molecule has 0 aliphatic rings. The molecule has 0 fully saturated rings. The van der Waals surface area contributed by atoms with E-state index in [2.05, 4.69) is 4.98 Å². The van der Waals surface area contributed by atoms with Crippen LogP contribution in [-0.2, 0) is 0 Å². The first-order chi connectivity index (χ1) is 10.5. The Labute approximate surface area is 130 Å². The van der Waals surface area contributed by atoms with Gasteiger partial charge in [-0.25, -0.2) is 9.37 Å². The van der Waals surface area contributed by atoms with Crippen molar-refractivity contribution in [2.45, 2.75) is 26.9 Å². The van der Waals surface area contributed by atoms with Crippen LogP contribution >= 0.6 is 0 Å². The van der Waals surface area contributed by atoms with Crippen LogP contribution in [0.2, 0.25) is 0 Å². The van der Waals surface area contributed by atoms with E-state index in [4.69, 9.17) is 0 Å². The Kier molecular flexibility index (Phi) is 3.69. The number of hydrogen-bond acceptors (Lipinski definition) is 1. The lowest BCUT2D eigenvalue weighted by molar-refractivity contribution is 0.160. The molecule has 112 valence electrons. The highest BCUT2D eigenvalue weighted by Gasteiger charge is 2.28. The molecule has 1 atom stereocenters. The van der Waals surface area contributed by atoms with Gasteiger partial charge in [-0.15, -0.1) is 0 Å². The molecule has 22 heavy (non-hydrogen) atoms. The number of pyridine rings is 1. The highest BCUT2D eigenvalue weighted by Crippen LogP contribution is 2.38. The molecule has 0 bridgehead atoms. The lowest BCUT2D eigenvalue weighted by atomic mass is 9.87. The van der Waals surface area contributed by atoms with Gasteiger partial charge in [0.25, 0.3) is 0 Å². The smallest absolute Gasteiger partial charge is 0.147 e. The van der Waals surface area contributed by atoms with E-state index < -0.39 is 11.6 Å². The Balaban J connectivity index is 2.26. The lowest BCUT2D eigenvalue weighted by Gasteiger charge is -2.24. The van der Waals surface area contributed by atoms with Gasteiger partial charge in [-0.2, -0.15) is 0 Å². The van der Waals surface area contributed by atoms with Gasteiger partial charge in [0.2, 0.25) is 0 Å². The van der Waals surface area contributed by atoms with E-state index in [1.165, 1.54) is 0 Å². The van der Waals surface area contributed by atoms with Gasteiger partial charge >= 0.3 is 0 Å². The maximum atomic E-state index is 14.8. The molecule has 0 saturated heterocycles. The van der Waals surface area contributed by atoms with Crippen molar-refractivity contribution in [1.29, 1.82) is 0 Å². The monoisotopic (exact) mass is 293 g/mol. The minimum Gasteiger partial charge on any atom is -0.249 e. The van der Waals surface area contributed by atoms with Crippen molar-refractivity contribution >= 4 is 10.8 Å². The van der Waals surface area contributed by atoms with Crippen LogP contribution < -0.4 is 0 Å². The lowest BCUT2D eigenvalue weighted by Crippen LogP contribution is -2.15. The Morgan fingerprint density at radius 3 is 2.23 bits per heavy atom. The van der Waals surface area contributed by atoms with Crippen molar-refractivity contribution in [2.75, 3.05) is 0 Å². The number of rotatable bonds is 2. The van der Waals surface area contributed by atoms with Gasteiger partial charge < -0.3 is 0 Å². The third-order valence-corrected chi connectivity index (χ3v) is 3.83. The number of nitrogens with zero attached hydrogens (tertiary/aromatic N) is 1.